The number of sulfonamides is 1. The smallest absolute Gasteiger partial charge is 0.206 e. The summed E-state index contributed by atoms with van der Waals surface area (Å²) in [6, 6.07) is 1.13. The molecule has 0 saturated heterocycles. The molecule has 0 spiro atoms. The summed E-state index contributed by atoms with van der Waals surface area (Å²) in [6.07, 6.45) is -4.58. The van der Waals surface area contributed by atoms with Gasteiger partial charge in [0.1, 0.15) is 10.8 Å². The second-order valence-corrected chi connectivity index (χ2v) is 8.18. The van der Waals surface area contributed by atoms with Crippen molar-refractivity contribution in [3.8, 4) is 0 Å². The van der Waals surface area contributed by atoms with E-state index in [-0.39, 0.29) is 15.8 Å². The molecule has 0 aliphatic rings. The summed E-state index contributed by atoms with van der Waals surface area (Å²) in [4.78, 5) is 0. The minimum atomic E-state index is -4.58. The third kappa shape index (κ3) is 3.83. The van der Waals surface area contributed by atoms with Gasteiger partial charge in [-0.15, -0.1) is 11.3 Å². The monoisotopic (exact) mass is 385 g/mol. The molecule has 0 amide bonds. The average molecular weight is 387 g/mol. The lowest BCUT2D eigenvalue weighted by Crippen LogP contribution is -2.38. The van der Waals surface area contributed by atoms with Gasteiger partial charge in [-0.2, -0.15) is 17.5 Å². The highest BCUT2D eigenvalue weighted by Gasteiger charge is 2.37. The lowest BCUT2D eigenvalue weighted by molar-refractivity contribution is -0.135. The summed E-state index contributed by atoms with van der Waals surface area (Å²) < 4.78 is 61.3. The van der Waals surface area contributed by atoms with Gasteiger partial charge < -0.3 is 0 Å². The highest BCUT2D eigenvalue weighted by Crippen LogP contribution is 2.36. The maximum atomic E-state index is 12.3. The molecule has 104 valence electrons. The zero-order valence-corrected chi connectivity index (χ0v) is 12.9. The standard InChI is InChI=1S/C8H8BrClF3NO2S2/c1-2-14(4-8(11,12)13)18(15,16)6-3-5(10)7(9)17-6/h3H,2,4H2,1H3. The molecule has 0 saturated carbocycles. The van der Waals surface area contributed by atoms with Crippen LogP contribution < -0.4 is 0 Å². The van der Waals surface area contributed by atoms with Gasteiger partial charge in [0.05, 0.1) is 8.81 Å². The first-order valence-electron chi connectivity index (χ1n) is 4.59. The van der Waals surface area contributed by atoms with E-state index in [0.29, 0.717) is 8.09 Å². The Kier molecular flexibility index (Phi) is 5.10. The van der Waals surface area contributed by atoms with Gasteiger partial charge in [-0.05, 0) is 22.0 Å². The van der Waals surface area contributed by atoms with Crippen molar-refractivity contribution < 1.29 is 21.6 Å². The molecular weight excluding hydrogens is 379 g/mol. The van der Waals surface area contributed by atoms with Crippen molar-refractivity contribution in [1.82, 2.24) is 4.31 Å². The maximum absolute atomic E-state index is 12.3. The van der Waals surface area contributed by atoms with Gasteiger partial charge in [0.2, 0.25) is 0 Å². The van der Waals surface area contributed by atoms with Crippen LogP contribution in [-0.2, 0) is 10.0 Å². The van der Waals surface area contributed by atoms with Crippen LogP contribution >= 0.6 is 38.9 Å². The number of thiophene rings is 1. The maximum Gasteiger partial charge on any atom is 0.402 e. The molecule has 0 aliphatic carbocycles. The number of alkyl halides is 3. The highest BCUT2D eigenvalue weighted by atomic mass is 79.9. The molecule has 0 aromatic carbocycles. The van der Waals surface area contributed by atoms with E-state index in [9.17, 15) is 21.6 Å². The van der Waals surface area contributed by atoms with Crippen molar-refractivity contribution in [3.63, 3.8) is 0 Å². The number of rotatable bonds is 4. The second kappa shape index (κ2) is 5.66. The summed E-state index contributed by atoms with van der Waals surface area (Å²) in [5.41, 5.74) is 0. The molecule has 0 bridgehead atoms. The zero-order chi connectivity index (χ0) is 14.1. The molecule has 1 aromatic rings. The molecule has 1 heterocycles. The Labute approximate surface area is 120 Å². The van der Waals surface area contributed by atoms with Crippen LogP contribution in [0, 0.1) is 0 Å². The average Bonchev–Trinajstić information content (AvgIpc) is 2.55. The Balaban J connectivity index is 3.11. The third-order valence-electron chi connectivity index (χ3n) is 1.93. The normalized spacial score (nSPS) is 13.3. The van der Waals surface area contributed by atoms with Crippen LogP contribution in [0.3, 0.4) is 0 Å². The predicted molar refractivity (Wildman–Crippen MR) is 67.5 cm³/mol. The van der Waals surface area contributed by atoms with Gasteiger partial charge in [0, 0.05) is 6.54 Å². The van der Waals surface area contributed by atoms with Crippen LogP contribution in [0.5, 0.6) is 0 Å². The van der Waals surface area contributed by atoms with Gasteiger partial charge in [-0.3, -0.25) is 0 Å². The van der Waals surface area contributed by atoms with Crippen LogP contribution in [0.4, 0.5) is 13.2 Å². The first-order chi connectivity index (χ1) is 8.08. The van der Waals surface area contributed by atoms with Crippen molar-refractivity contribution in [2.75, 3.05) is 13.1 Å². The molecular formula is C8H8BrClF3NO2S2. The molecule has 1 aromatic heterocycles. The van der Waals surface area contributed by atoms with E-state index < -0.39 is 22.7 Å². The first kappa shape index (κ1) is 16.2. The Hall–Kier alpha value is 0.170. The van der Waals surface area contributed by atoms with Crippen LogP contribution in [0.2, 0.25) is 5.02 Å². The Morgan fingerprint density at radius 2 is 2.06 bits per heavy atom. The number of hydrogen-bond acceptors (Lipinski definition) is 3. The molecule has 0 radical (unpaired) electrons. The van der Waals surface area contributed by atoms with Crippen LogP contribution in [0.25, 0.3) is 0 Å². The number of nitrogens with zero attached hydrogens (tertiary/aromatic N) is 1. The van der Waals surface area contributed by atoms with E-state index in [2.05, 4.69) is 15.9 Å². The molecule has 0 aliphatic heterocycles. The van der Waals surface area contributed by atoms with Crippen molar-refractivity contribution >= 4 is 48.9 Å². The first-order valence-corrected chi connectivity index (χ1v) is 8.02. The van der Waals surface area contributed by atoms with Crippen LogP contribution in [-0.4, -0.2) is 32.0 Å². The molecule has 0 unspecified atom stereocenters. The zero-order valence-electron chi connectivity index (χ0n) is 8.96. The summed E-state index contributed by atoms with van der Waals surface area (Å²) in [5.74, 6) is 0. The van der Waals surface area contributed by atoms with E-state index in [0.717, 1.165) is 17.4 Å². The van der Waals surface area contributed by atoms with Crippen LogP contribution in [0.15, 0.2) is 14.1 Å². The Morgan fingerprint density at radius 1 is 1.50 bits per heavy atom. The predicted octanol–water partition coefficient (Wildman–Crippen LogP) is 3.74. The number of halogens is 5. The summed E-state index contributed by atoms with van der Waals surface area (Å²) in [7, 11) is -4.17. The van der Waals surface area contributed by atoms with Crippen LogP contribution in [0.1, 0.15) is 6.92 Å². The summed E-state index contributed by atoms with van der Waals surface area (Å²) in [5, 5.41) is 0.154. The molecule has 0 N–H and O–H groups in total. The van der Waals surface area contributed by atoms with E-state index in [1.807, 2.05) is 0 Å². The molecule has 10 heteroatoms. The van der Waals surface area contributed by atoms with Crippen molar-refractivity contribution in [1.29, 1.82) is 0 Å². The quantitative estimate of drug-likeness (QED) is 0.790. The SMILES string of the molecule is CCN(CC(F)(F)F)S(=O)(=O)c1cc(Cl)c(Br)s1. The van der Waals surface area contributed by atoms with Gasteiger partial charge in [0.15, 0.2) is 0 Å². The van der Waals surface area contributed by atoms with Gasteiger partial charge in [0.25, 0.3) is 10.0 Å². The minimum Gasteiger partial charge on any atom is -0.206 e. The largest absolute Gasteiger partial charge is 0.402 e. The van der Waals surface area contributed by atoms with Crippen molar-refractivity contribution in [2.45, 2.75) is 17.3 Å². The summed E-state index contributed by atoms with van der Waals surface area (Å²) in [6.45, 7) is -0.443. The molecule has 0 atom stereocenters. The van der Waals surface area contributed by atoms with Gasteiger partial charge in [-0.25, -0.2) is 8.42 Å². The molecule has 18 heavy (non-hydrogen) atoms. The van der Waals surface area contributed by atoms with E-state index in [4.69, 9.17) is 11.6 Å². The molecule has 1 rings (SSSR count). The Morgan fingerprint density at radius 3 is 2.39 bits per heavy atom. The fraction of sp³-hybridized carbons (Fsp3) is 0.500. The van der Waals surface area contributed by atoms with Gasteiger partial charge >= 0.3 is 6.18 Å². The Bertz CT molecular complexity index is 509. The minimum absolute atomic E-state index is 0.154. The van der Waals surface area contributed by atoms with E-state index in [1.54, 1.807) is 0 Å². The highest BCUT2D eigenvalue weighted by molar-refractivity contribution is 9.11. The summed E-state index contributed by atoms with van der Waals surface area (Å²) >= 11 is 9.48. The van der Waals surface area contributed by atoms with E-state index in [1.165, 1.54) is 6.92 Å². The number of hydrogen-bond donors (Lipinski definition) is 0. The fourth-order valence-electron chi connectivity index (χ4n) is 1.15. The lowest BCUT2D eigenvalue weighted by atomic mass is 10.6. The van der Waals surface area contributed by atoms with Crippen molar-refractivity contribution in [2.24, 2.45) is 0 Å². The molecule has 3 nitrogen and oxygen atoms in total. The van der Waals surface area contributed by atoms with Gasteiger partial charge in [-0.1, -0.05) is 18.5 Å². The van der Waals surface area contributed by atoms with Crippen molar-refractivity contribution in [3.05, 3.63) is 14.9 Å². The topological polar surface area (TPSA) is 37.4 Å². The second-order valence-electron chi connectivity index (χ2n) is 3.23. The third-order valence-corrected chi connectivity index (χ3v) is 6.77. The lowest BCUT2D eigenvalue weighted by Gasteiger charge is -2.20. The molecule has 0 fully saturated rings. The van der Waals surface area contributed by atoms with E-state index >= 15 is 0 Å². The fourth-order valence-corrected chi connectivity index (χ4v) is 5.14.